The van der Waals surface area contributed by atoms with Crippen LogP contribution in [0.15, 0.2) is 24.3 Å². The summed E-state index contributed by atoms with van der Waals surface area (Å²) in [5.74, 6) is -1.47. The molecular formula is C17H20F3NO3. The number of nitrogens with zero attached hydrogens (tertiary/aromatic N) is 1. The van der Waals surface area contributed by atoms with E-state index in [-0.39, 0.29) is 36.8 Å². The number of carbonyl (C=O) groups excluding carboxylic acids is 1. The first-order valence-corrected chi connectivity index (χ1v) is 7.80. The van der Waals surface area contributed by atoms with Gasteiger partial charge in [0.05, 0.1) is 12.0 Å². The maximum Gasteiger partial charge on any atom is 0.416 e. The maximum atomic E-state index is 12.6. The normalized spacial score (nSPS) is 20.1. The predicted molar refractivity (Wildman–Crippen MR) is 81.4 cm³/mol. The number of halogens is 3. The highest BCUT2D eigenvalue weighted by Gasteiger charge is 2.46. The Hall–Kier alpha value is -2.05. The van der Waals surface area contributed by atoms with E-state index in [9.17, 15) is 22.8 Å². The molecule has 0 aliphatic heterocycles. The van der Waals surface area contributed by atoms with E-state index in [4.69, 9.17) is 5.11 Å². The summed E-state index contributed by atoms with van der Waals surface area (Å²) in [6.45, 7) is 3.77. The molecule has 1 aliphatic carbocycles. The molecule has 1 saturated carbocycles. The fraction of sp³-hybridized carbons (Fsp3) is 0.529. The van der Waals surface area contributed by atoms with Crippen LogP contribution in [-0.2, 0) is 15.8 Å². The van der Waals surface area contributed by atoms with Crippen molar-refractivity contribution in [2.24, 2.45) is 5.92 Å². The van der Waals surface area contributed by atoms with Gasteiger partial charge >= 0.3 is 12.1 Å². The third-order valence-corrected chi connectivity index (χ3v) is 4.25. The minimum Gasteiger partial charge on any atom is -0.481 e. The van der Waals surface area contributed by atoms with Gasteiger partial charge in [0.2, 0.25) is 5.91 Å². The van der Waals surface area contributed by atoms with Gasteiger partial charge in [0, 0.05) is 18.5 Å². The predicted octanol–water partition coefficient (Wildman–Crippen LogP) is 3.52. The monoisotopic (exact) mass is 343 g/mol. The van der Waals surface area contributed by atoms with Crippen molar-refractivity contribution in [2.45, 2.75) is 44.8 Å². The van der Waals surface area contributed by atoms with Gasteiger partial charge in [-0.05, 0) is 43.9 Å². The second-order valence-corrected chi connectivity index (χ2v) is 6.34. The van der Waals surface area contributed by atoms with E-state index in [0.29, 0.717) is 12.0 Å². The molecule has 0 aromatic heterocycles. The molecule has 0 heterocycles. The van der Waals surface area contributed by atoms with E-state index < -0.39 is 17.7 Å². The molecule has 132 valence electrons. The molecular weight excluding hydrogens is 323 g/mol. The van der Waals surface area contributed by atoms with Crippen molar-refractivity contribution in [3.05, 3.63) is 35.4 Å². The standard InChI is InChI=1S/C17H20F3NO3/c1-10(2)21(8-7-15(22)23)16(24)14-9-13(14)11-3-5-12(6-4-11)17(18,19)20/h3-6,10,13-14H,7-9H2,1-2H3,(H,22,23). The Labute approximate surface area is 138 Å². The summed E-state index contributed by atoms with van der Waals surface area (Å²) >= 11 is 0. The smallest absolute Gasteiger partial charge is 0.416 e. The molecule has 0 spiro atoms. The highest BCUT2D eigenvalue weighted by atomic mass is 19.4. The lowest BCUT2D eigenvalue weighted by atomic mass is 10.1. The fourth-order valence-electron chi connectivity index (χ4n) is 2.81. The zero-order valence-corrected chi connectivity index (χ0v) is 13.5. The summed E-state index contributed by atoms with van der Waals surface area (Å²) in [7, 11) is 0. The first kappa shape index (κ1) is 18.3. The average molecular weight is 343 g/mol. The molecule has 2 unspecified atom stereocenters. The van der Waals surface area contributed by atoms with Crippen LogP contribution in [0, 0.1) is 5.92 Å². The minimum absolute atomic E-state index is 0.0918. The van der Waals surface area contributed by atoms with Crippen LogP contribution in [0.5, 0.6) is 0 Å². The maximum absolute atomic E-state index is 12.6. The Balaban J connectivity index is 2.02. The van der Waals surface area contributed by atoms with Gasteiger partial charge in [0.15, 0.2) is 0 Å². The number of benzene rings is 1. The molecule has 1 N–H and O–H groups in total. The molecule has 1 aliphatic rings. The van der Waals surface area contributed by atoms with Gasteiger partial charge in [-0.15, -0.1) is 0 Å². The molecule has 4 nitrogen and oxygen atoms in total. The van der Waals surface area contributed by atoms with Crippen molar-refractivity contribution in [1.82, 2.24) is 4.90 Å². The largest absolute Gasteiger partial charge is 0.481 e. The molecule has 0 saturated heterocycles. The SMILES string of the molecule is CC(C)N(CCC(=O)O)C(=O)C1CC1c1ccc(C(F)(F)F)cc1. The van der Waals surface area contributed by atoms with Crippen LogP contribution in [0.1, 0.15) is 43.7 Å². The summed E-state index contributed by atoms with van der Waals surface area (Å²) < 4.78 is 37.7. The number of rotatable bonds is 6. The number of carboxylic acids is 1. The Bertz CT molecular complexity index is 611. The van der Waals surface area contributed by atoms with Crippen LogP contribution in [-0.4, -0.2) is 34.5 Å². The van der Waals surface area contributed by atoms with E-state index in [2.05, 4.69) is 0 Å². The van der Waals surface area contributed by atoms with Gasteiger partial charge in [-0.1, -0.05) is 12.1 Å². The van der Waals surface area contributed by atoms with Crippen LogP contribution in [0.25, 0.3) is 0 Å². The van der Waals surface area contributed by atoms with E-state index in [0.717, 1.165) is 12.1 Å². The molecule has 24 heavy (non-hydrogen) atoms. The molecule has 1 aromatic carbocycles. The number of carbonyl (C=O) groups is 2. The van der Waals surface area contributed by atoms with E-state index in [1.54, 1.807) is 0 Å². The summed E-state index contributed by atoms with van der Waals surface area (Å²) in [5, 5.41) is 8.77. The van der Waals surface area contributed by atoms with Crippen LogP contribution >= 0.6 is 0 Å². The Kier molecular flexibility index (Phi) is 5.20. The van der Waals surface area contributed by atoms with Crippen LogP contribution in [0.4, 0.5) is 13.2 Å². The zero-order chi connectivity index (χ0) is 18.1. The Morgan fingerprint density at radius 3 is 2.29 bits per heavy atom. The van der Waals surface area contributed by atoms with Gasteiger partial charge in [-0.3, -0.25) is 9.59 Å². The minimum atomic E-state index is -4.37. The van der Waals surface area contributed by atoms with E-state index >= 15 is 0 Å². The van der Waals surface area contributed by atoms with Gasteiger partial charge in [0.1, 0.15) is 0 Å². The van der Waals surface area contributed by atoms with Crippen molar-refractivity contribution < 1.29 is 27.9 Å². The first-order chi connectivity index (χ1) is 11.1. The Morgan fingerprint density at radius 1 is 1.25 bits per heavy atom. The highest BCUT2D eigenvalue weighted by molar-refractivity contribution is 5.83. The van der Waals surface area contributed by atoms with Crippen molar-refractivity contribution in [3.8, 4) is 0 Å². The van der Waals surface area contributed by atoms with Crippen LogP contribution in [0.3, 0.4) is 0 Å². The van der Waals surface area contributed by atoms with E-state index in [1.807, 2.05) is 13.8 Å². The van der Waals surface area contributed by atoms with Gasteiger partial charge in [-0.25, -0.2) is 0 Å². The van der Waals surface area contributed by atoms with Crippen molar-refractivity contribution in [3.63, 3.8) is 0 Å². The number of alkyl halides is 3. The third-order valence-electron chi connectivity index (χ3n) is 4.25. The lowest BCUT2D eigenvalue weighted by Crippen LogP contribution is -2.39. The molecule has 0 bridgehead atoms. The van der Waals surface area contributed by atoms with E-state index in [1.165, 1.54) is 17.0 Å². The number of hydrogen-bond donors (Lipinski definition) is 1. The lowest BCUT2D eigenvalue weighted by molar-refractivity contribution is -0.140. The van der Waals surface area contributed by atoms with Crippen molar-refractivity contribution >= 4 is 11.9 Å². The topological polar surface area (TPSA) is 57.6 Å². The molecule has 2 atom stereocenters. The van der Waals surface area contributed by atoms with Crippen LogP contribution in [0.2, 0.25) is 0 Å². The number of aliphatic carboxylic acids is 1. The zero-order valence-electron chi connectivity index (χ0n) is 13.5. The number of carboxylic acid groups (broad SMARTS) is 1. The number of hydrogen-bond acceptors (Lipinski definition) is 2. The first-order valence-electron chi connectivity index (χ1n) is 7.80. The average Bonchev–Trinajstić information content (AvgIpc) is 3.26. The second kappa shape index (κ2) is 6.83. The fourth-order valence-corrected chi connectivity index (χ4v) is 2.81. The molecule has 1 fully saturated rings. The lowest BCUT2D eigenvalue weighted by Gasteiger charge is -2.26. The summed E-state index contributed by atoms with van der Waals surface area (Å²) in [6.07, 6.45) is -3.91. The highest BCUT2D eigenvalue weighted by Crippen LogP contribution is 2.49. The second-order valence-electron chi connectivity index (χ2n) is 6.34. The van der Waals surface area contributed by atoms with Gasteiger partial charge in [-0.2, -0.15) is 13.2 Å². The van der Waals surface area contributed by atoms with Gasteiger partial charge in [0.25, 0.3) is 0 Å². The van der Waals surface area contributed by atoms with Gasteiger partial charge < -0.3 is 10.0 Å². The van der Waals surface area contributed by atoms with Crippen LogP contribution < -0.4 is 0 Å². The summed E-state index contributed by atoms with van der Waals surface area (Å²) in [5.41, 5.74) is 0.00309. The van der Waals surface area contributed by atoms with Crippen molar-refractivity contribution in [2.75, 3.05) is 6.54 Å². The number of amides is 1. The quantitative estimate of drug-likeness (QED) is 0.860. The molecule has 7 heteroatoms. The molecule has 0 radical (unpaired) electrons. The summed E-state index contributed by atoms with van der Waals surface area (Å²) in [6, 6.07) is 4.76. The third kappa shape index (κ3) is 4.27. The Morgan fingerprint density at radius 2 is 1.83 bits per heavy atom. The summed E-state index contributed by atoms with van der Waals surface area (Å²) in [4.78, 5) is 24.8. The molecule has 1 aromatic rings. The molecule has 2 rings (SSSR count). The van der Waals surface area contributed by atoms with Crippen molar-refractivity contribution in [1.29, 1.82) is 0 Å². The molecule has 1 amide bonds.